The molecule has 2 aliphatic heterocycles. The number of phenols is 1. The number of rotatable bonds is 8. The standard InChI is InChI=1S/C34H38ClN7O3/c1-34(2)28-12-11-27(43)18-25(28)19-29(39-34)32(44)38-30(17-23-7-9-26(35)10-8-23)33(45)41-15-13-40(14-16-41)31-6-4-3-5-24(31)20-42-22-36-21-37-42/h3-12,18,21-22,29-30,39,43H,13-17,19-20H2,1-2H3,(H,38,44)/t29?,30-/m1/s1. The maximum absolute atomic E-state index is 14.1. The first-order valence-electron chi connectivity index (χ1n) is 15.3. The number of benzene rings is 3. The molecule has 45 heavy (non-hydrogen) atoms. The first-order valence-corrected chi connectivity index (χ1v) is 15.6. The second kappa shape index (κ2) is 12.9. The second-order valence-corrected chi connectivity index (χ2v) is 12.7. The van der Waals surface area contributed by atoms with Crippen LogP contribution in [0.4, 0.5) is 5.69 Å². The molecule has 0 bridgehead atoms. The van der Waals surface area contributed by atoms with E-state index in [1.807, 2.05) is 49.1 Å². The minimum Gasteiger partial charge on any atom is -0.508 e. The van der Waals surface area contributed by atoms with Crippen molar-refractivity contribution in [3.63, 3.8) is 0 Å². The monoisotopic (exact) mass is 627 g/mol. The molecule has 4 aromatic rings. The van der Waals surface area contributed by atoms with E-state index in [4.69, 9.17) is 11.6 Å². The fourth-order valence-electron chi connectivity index (χ4n) is 6.46. The van der Waals surface area contributed by atoms with E-state index in [0.717, 1.165) is 27.9 Å². The van der Waals surface area contributed by atoms with Crippen molar-refractivity contribution in [3.05, 3.63) is 107 Å². The molecule has 3 aromatic carbocycles. The summed E-state index contributed by atoms with van der Waals surface area (Å²) < 4.78 is 1.80. The van der Waals surface area contributed by atoms with E-state index in [1.54, 1.807) is 35.3 Å². The van der Waals surface area contributed by atoms with E-state index in [0.29, 0.717) is 50.6 Å². The summed E-state index contributed by atoms with van der Waals surface area (Å²) in [6.07, 6.45) is 3.99. The van der Waals surface area contributed by atoms with E-state index in [9.17, 15) is 14.7 Å². The van der Waals surface area contributed by atoms with E-state index in [1.165, 1.54) is 6.33 Å². The van der Waals surface area contributed by atoms with Gasteiger partial charge in [0, 0.05) is 48.8 Å². The molecule has 234 valence electrons. The van der Waals surface area contributed by atoms with Crippen LogP contribution < -0.4 is 15.5 Å². The highest BCUT2D eigenvalue weighted by molar-refractivity contribution is 6.30. The number of para-hydroxylation sites is 1. The number of phenolic OH excluding ortho intramolecular Hbond substituents is 1. The first kappa shape index (κ1) is 30.6. The lowest BCUT2D eigenvalue weighted by Gasteiger charge is -2.40. The number of fused-ring (bicyclic) bond motifs is 1. The molecule has 11 heteroatoms. The molecule has 0 aliphatic carbocycles. The van der Waals surface area contributed by atoms with Gasteiger partial charge in [-0.2, -0.15) is 5.10 Å². The van der Waals surface area contributed by atoms with Crippen LogP contribution in [-0.4, -0.2) is 74.8 Å². The molecule has 2 amide bonds. The fraction of sp³-hybridized carbons (Fsp3) is 0.353. The van der Waals surface area contributed by atoms with Crippen LogP contribution in [0.25, 0.3) is 0 Å². The molecule has 1 saturated heterocycles. The van der Waals surface area contributed by atoms with Gasteiger partial charge in [-0.1, -0.05) is 48.0 Å². The second-order valence-electron chi connectivity index (χ2n) is 12.3. The molecule has 1 aromatic heterocycles. The van der Waals surface area contributed by atoms with Crippen molar-refractivity contribution in [2.75, 3.05) is 31.1 Å². The maximum Gasteiger partial charge on any atom is 0.245 e. The first-order chi connectivity index (χ1) is 21.7. The number of nitrogens with zero attached hydrogens (tertiary/aromatic N) is 5. The molecule has 1 unspecified atom stereocenters. The van der Waals surface area contributed by atoms with Crippen LogP contribution in [-0.2, 0) is 34.5 Å². The highest BCUT2D eigenvalue weighted by atomic mass is 35.5. The number of halogens is 1. The Balaban J connectivity index is 1.16. The largest absolute Gasteiger partial charge is 0.508 e. The van der Waals surface area contributed by atoms with Crippen LogP contribution in [0, 0.1) is 0 Å². The van der Waals surface area contributed by atoms with E-state index in [2.05, 4.69) is 37.7 Å². The number of aromatic nitrogens is 3. The van der Waals surface area contributed by atoms with Gasteiger partial charge in [-0.15, -0.1) is 0 Å². The third kappa shape index (κ3) is 6.97. The summed E-state index contributed by atoms with van der Waals surface area (Å²) in [5, 5.41) is 21.5. The number of hydrogen-bond donors (Lipinski definition) is 3. The zero-order chi connectivity index (χ0) is 31.6. The Labute approximate surface area is 268 Å². The van der Waals surface area contributed by atoms with Crippen LogP contribution in [0.5, 0.6) is 5.75 Å². The van der Waals surface area contributed by atoms with Crippen LogP contribution in [0.2, 0.25) is 5.02 Å². The van der Waals surface area contributed by atoms with Crippen molar-refractivity contribution >= 4 is 29.1 Å². The van der Waals surface area contributed by atoms with E-state index in [-0.39, 0.29) is 17.6 Å². The Hall–Kier alpha value is -4.41. The Morgan fingerprint density at radius 3 is 2.56 bits per heavy atom. The number of piperazine rings is 1. The van der Waals surface area contributed by atoms with Gasteiger partial charge >= 0.3 is 0 Å². The van der Waals surface area contributed by atoms with Gasteiger partial charge in [0.05, 0.1) is 12.6 Å². The molecule has 10 nitrogen and oxygen atoms in total. The summed E-state index contributed by atoms with van der Waals surface area (Å²) in [4.78, 5) is 36.1. The number of carbonyl (C=O) groups excluding carboxylic acids is 2. The Morgan fingerprint density at radius 2 is 1.82 bits per heavy atom. The minimum absolute atomic E-state index is 0.109. The van der Waals surface area contributed by atoms with Gasteiger partial charge in [-0.05, 0) is 72.9 Å². The van der Waals surface area contributed by atoms with Gasteiger partial charge in [-0.3, -0.25) is 14.9 Å². The quantitative estimate of drug-likeness (QED) is 0.274. The average Bonchev–Trinajstić information content (AvgIpc) is 3.54. The molecule has 2 atom stereocenters. The SMILES string of the molecule is CC1(C)NC(C(=O)N[C@H](Cc2ccc(Cl)cc2)C(=O)N2CCN(c3ccccc3Cn3cncn3)CC2)Cc2cc(O)ccc21. The summed E-state index contributed by atoms with van der Waals surface area (Å²) in [6, 6.07) is 19.6. The number of carbonyl (C=O) groups is 2. The van der Waals surface area contributed by atoms with Crippen LogP contribution in [0.3, 0.4) is 0 Å². The molecular formula is C34H38ClN7O3. The lowest BCUT2D eigenvalue weighted by atomic mass is 9.82. The predicted octanol–water partition coefficient (Wildman–Crippen LogP) is 3.51. The zero-order valence-electron chi connectivity index (χ0n) is 25.5. The van der Waals surface area contributed by atoms with Crippen molar-refractivity contribution in [1.82, 2.24) is 30.3 Å². The van der Waals surface area contributed by atoms with Gasteiger partial charge in [0.2, 0.25) is 11.8 Å². The molecule has 6 rings (SSSR count). The lowest BCUT2D eigenvalue weighted by molar-refractivity contribution is -0.137. The van der Waals surface area contributed by atoms with Crippen LogP contribution >= 0.6 is 11.6 Å². The summed E-state index contributed by atoms with van der Waals surface area (Å²) >= 11 is 6.13. The molecule has 2 aliphatic rings. The van der Waals surface area contributed by atoms with E-state index >= 15 is 0 Å². The minimum atomic E-state index is -0.750. The smallest absolute Gasteiger partial charge is 0.245 e. The highest BCUT2D eigenvalue weighted by Crippen LogP contribution is 2.32. The number of aromatic hydroxyl groups is 1. The van der Waals surface area contributed by atoms with Crippen molar-refractivity contribution in [1.29, 1.82) is 0 Å². The summed E-state index contributed by atoms with van der Waals surface area (Å²) in [5.74, 6) is -0.186. The summed E-state index contributed by atoms with van der Waals surface area (Å²) in [5.41, 5.74) is 4.63. The van der Waals surface area contributed by atoms with Crippen molar-refractivity contribution in [3.8, 4) is 5.75 Å². The van der Waals surface area contributed by atoms with Crippen molar-refractivity contribution in [2.24, 2.45) is 0 Å². The third-order valence-electron chi connectivity index (χ3n) is 8.73. The third-order valence-corrected chi connectivity index (χ3v) is 8.98. The van der Waals surface area contributed by atoms with Gasteiger partial charge < -0.3 is 20.2 Å². The lowest BCUT2D eigenvalue weighted by Crippen LogP contribution is -2.60. The number of hydrogen-bond acceptors (Lipinski definition) is 7. The van der Waals surface area contributed by atoms with E-state index < -0.39 is 17.6 Å². The molecule has 3 heterocycles. The van der Waals surface area contributed by atoms with Crippen LogP contribution in [0.1, 0.15) is 36.1 Å². The average molecular weight is 628 g/mol. The fourth-order valence-corrected chi connectivity index (χ4v) is 6.59. The van der Waals surface area contributed by atoms with Gasteiger partial charge in [-0.25, -0.2) is 9.67 Å². The molecule has 0 radical (unpaired) electrons. The molecule has 1 fully saturated rings. The van der Waals surface area contributed by atoms with Gasteiger partial charge in [0.15, 0.2) is 0 Å². The van der Waals surface area contributed by atoms with Crippen molar-refractivity contribution in [2.45, 2.75) is 50.9 Å². The number of amides is 2. The maximum atomic E-state index is 14.1. The normalized spacial score (nSPS) is 18.2. The molecular weight excluding hydrogens is 590 g/mol. The zero-order valence-corrected chi connectivity index (χ0v) is 26.2. The van der Waals surface area contributed by atoms with Gasteiger partial charge in [0.1, 0.15) is 24.4 Å². The topological polar surface area (TPSA) is 116 Å². The number of anilines is 1. The number of nitrogens with one attached hydrogen (secondary N) is 2. The van der Waals surface area contributed by atoms with Gasteiger partial charge in [0.25, 0.3) is 0 Å². The van der Waals surface area contributed by atoms with Crippen LogP contribution in [0.15, 0.2) is 79.4 Å². The summed E-state index contributed by atoms with van der Waals surface area (Å²) in [7, 11) is 0. The van der Waals surface area contributed by atoms with Crippen molar-refractivity contribution < 1.29 is 14.7 Å². The molecule has 0 saturated carbocycles. The molecule has 0 spiro atoms. The molecule has 3 N–H and O–H groups in total. The summed E-state index contributed by atoms with van der Waals surface area (Å²) in [6.45, 7) is 7.04. The highest BCUT2D eigenvalue weighted by Gasteiger charge is 2.37. The Bertz CT molecular complexity index is 1650. The predicted molar refractivity (Wildman–Crippen MR) is 173 cm³/mol. The Morgan fingerprint density at radius 1 is 1.07 bits per heavy atom. The Kier molecular flexibility index (Phi) is 8.78.